The Morgan fingerprint density at radius 1 is 1.37 bits per heavy atom. The van der Waals surface area contributed by atoms with Crippen LogP contribution in [0.15, 0.2) is 30.5 Å². The number of hydrogen-bond donors (Lipinski definition) is 1. The van der Waals surface area contributed by atoms with Crippen LogP contribution in [0.5, 0.6) is 0 Å². The summed E-state index contributed by atoms with van der Waals surface area (Å²) in [5, 5.41) is 3.32. The number of hydrogen-bond acceptors (Lipinski definition) is 4. The zero-order valence-electron chi connectivity index (χ0n) is 11.0. The Kier molecular flexibility index (Phi) is 4.65. The van der Waals surface area contributed by atoms with Crippen molar-refractivity contribution in [1.82, 2.24) is 4.98 Å². The van der Waals surface area contributed by atoms with Crippen LogP contribution in [-0.4, -0.2) is 24.6 Å². The zero-order valence-corrected chi connectivity index (χ0v) is 11.8. The molecule has 19 heavy (non-hydrogen) atoms. The molecule has 0 aliphatic carbocycles. The highest BCUT2D eigenvalue weighted by atomic mass is 32.1. The first-order valence-corrected chi connectivity index (χ1v) is 6.78. The minimum atomic E-state index is -0.182. The molecule has 0 saturated carbocycles. The molecule has 5 heteroatoms. The number of rotatable bonds is 5. The van der Waals surface area contributed by atoms with E-state index in [1.807, 2.05) is 0 Å². The predicted molar refractivity (Wildman–Crippen MR) is 76.6 cm³/mol. The number of nitrogens with zero attached hydrogens (tertiary/aromatic N) is 1. The Hall–Kier alpha value is -1.72. The van der Waals surface area contributed by atoms with Crippen molar-refractivity contribution >= 4 is 22.4 Å². The highest BCUT2D eigenvalue weighted by molar-refractivity contribution is 7.15. The third-order valence-electron chi connectivity index (χ3n) is 2.57. The molecular formula is C14H16N2O2S. The van der Waals surface area contributed by atoms with Crippen molar-refractivity contribution in [2.75, 3.05) is 19.0 Å². The lowest BCUT2D eigenvalue weighted by molar-refractivity contribution is -0.119. The quantitative estimate of drug-likeness (QED) is 0.913. The van der Waals surface area contributed by atoms with Crippen LogP contribution < -0.4 is 5.32 Å². The van der Waals surface area contributed by atoms with E-state index < -0.39 is 0 Å². The lowest BCUT2D eigenvalue weighted by Gasteiger charge is -2.00. The summed E-state index contributed by atoms with van der Waals surface area (Å²) in [5.41, 5.74) is 2.49. The summed E-state index contributed by atoms with van der Waals surface area (Å²) in [6, 6.07) is 8.41. The average Bonchev–Trinajstić information content (AvgIpc) is 2.80. The van der Waals surface area contributed by atoms with Crippen molar-refractivity contribution in [2.24, 2.45) is 0 Å². The van der Waals surface area contributed by atoms with E-state index in [-0.39, 0.29) is 12.5 Å². The molecule has 2 rings (SSSR count). The van der Waals surface area contributed by atoms with Gasteiger partial charge in [-0.3, -0.25) is 10.1 Å². The van der Waals surface area contributed by atoms with Crippen LogP contribution in [0.3, 0.4) is 0 Å². The highest BCUT2D eigenvalue weighted by Gasteiger charge is 2.06. The van der Waals surface area contributed by atoms with Gasteiger partial charge in [-0.15, -0.1) is 11.3 Å². The third kappa shape index (κ3) is 4.15. The standard InChI is InChI=1S/C14H16N2O2S/c1-10-3-5-11(6-4-10)7-12-8-15-14(19-12)16-13(17)9-18-2/h3-6,8H,7,9H2,1-2H3,(H,15,16,17). The van der Waals surface area contributed by atoms with Crippen LogP contribution in [0.25, 0.3) is 0 Å². The van der Waals surface area contributed by atoms with E-state index in [1.54, 1.807) is 6.20 Å². The number of thiazole rings is 1. The van der Waals surface area contributed by atoms with Crippen molar-refractivity contribution in [3.05, 3.63) is 46.5 Å². The number of aryl methyl sites for hydroxylation is 1. The molecule has 0 unspecified atom stereocenters. The van der Waals surface area contributed by atoms with E-state index in [4.69, 9.17) is 4.74 Å². The van der Waals surface area contributed by atoms with Gasteiger partial charge in [0, 0.05) is 24.6 Å². The largest absolute Gasteiger partial charge is 0.375 e. The van der Waals surface area contributed by atoms with Crippen LogP contribution >= 0.6 is 11.3 Å². The second-order valence-electron chi connectivity index (χ2n) is 4.28. The van der Waals surface area contributed by atoms with Gasteiger partial charge in [-0.05, 0) is 12.5 Å². The van der Waals surface area contributed by atoms with Crippen molar-refractivity contribution in [2.45, 2.75) is 13.3 Å². The fourth-order valence-electron chi connectivity index (χ4n) is 1.64. The molecule has 1 heterocycles. The van der Waals surface area contributed by atoms with E-state index >= 15 is 0 Å². The Morgan fingerprint density at radius 2 is 2.11 bits per heavy atom. The molecule has 1 aromatic carbocycles. The number of ether oxygens (including phenoxy) is 1. The minimum Gasteiger partial charge on any atom is -0.375 e. The van der Waals surface area contributed by atoms with Gasteiger partial charge in [0.05, 0.1) is 0 Å². The molecule has 0 atom stereocenters. The Morgan fingerprint density at radius 3 is 2.79 bits per heavy atom. The summed E-state index contributed by atoms with van der Waals surface area (Å²) in [6.45, 7) is 2.12. The number of amides is 1. The average molecular weight is 276 g/mol. The summed E-state index contributed by atoms with van der Waals surface area (Å²) in [7, 11) is 1.49. The Balaban J connectivity index is 1.97. The number of benzene rings is 1. The van der Waals surface area contributed by atoms with Gasteiger partial charge < -0.3 is 4.74 Å². The number of anilines is 1. The topological polar surface area (TPSA) is 51.2 Å². The van der Waals surface area contributed by atoms with E-state index in [2.05, 4.69) is 41.5 Å². The van der Waals surface area contributed by atoms with E-state index in [0.29, 0.717) is 5.13 Å². The molecule has 2 aromatic rings. The van der Waals surface area contributed by atoms with Crippen LogP contribution in [0.4, 0.5) is 5.13 Å². The summed E-state index contributed by atoms with van der Waals surface area (Å²) in [6.07, 6.45) is 2.63. The molecule has 0 spiro atoms. The van der Waals surface area contributed by atoms with Gasteiger partial charge in [0.15, 0.2) is 5.13 Å². The van der Waals surface area contributed by atoms with Crippen molar-refractivity contribution in [1.29, 1.82) is 0 Å². The fraction of sp³-hybridized carbons (Fsp3) is 0.286. The Bertz CT molecular complexity index is 549. The number of carbonyl (C=O) groups excluding carboxylic acids is 1. The summed E-state index contributed by atoms with van der Waals surface area (Å²) in [4.78, 5) is 16.7. The zero-order chi connectivity index (χ0) is 13.7. The van der Waals surface area contributed by atoms with Gasteiger partial charge in [-0.2, -0.15) is 0 Å². The van der Waals surface area contributed by atoms with Gasteiger partial charge in [0.25, 0.3) is 5.91 Å². The smallest absolute Gasteiger partial charge is 0.252 e. The molecule has 0 fully saturated rings. The third-order valence-corrected chi connectivity index (χ3v) is 3.49. The van der Waals surface area contributed by atoms with Gasteiger partial charge in [0.2, 0.25) is 0 Å². The van der Waals surface area contributed by atoms with Crippen molar-refractivity contribution < 1.29 is 9.53 Å². The first kappa shape index (κ1) is 13.7. The number of nitrogens with one attached hydrogen (secondary N) is 1. The molecular weight excluding hydrogens is 260 g/mol. The van der Waals surface area contributed by atoms with Gasteiger partial charge in [-0.25, -0.2) is 4.98 Å². The molecule has 0 bridgehead atoms. The van der Waals surface area contributed by atoms with Crippen LogP contribution in [0.2, 0.25) is 0 Å². The normalized spacial score (nSPS) is 10.4. The second-order valence-corrected chi connectivity index (χ2v) is 5.39. The SMILES string of the molecule is COCC(=O)Nc1ncc(Cc2ccc(C)cc2)s1. The van der Waals surface area contributed by atoms with Gasteiger partial charge >= 0.3 is 0 Å². The van der Waals surface area contributed by atoms with E-state index in [1.165, 1.54) is 29.6 Å². The number of aromatic nitrogens is 1. The maximum absolute atomic E-state index is 11.3. The second kappa shape index (κ2) is 6.45. The first-order valence-electron chi connectivity index (χ1n) is 5.96. The molecule has 0 radical (unpaired) electrons. The van der Waals surface area contributed by atoms with Gasteiger partial charge in [-0.1, -0.05) is 29.8 Å². The van der Waals surface area contributed by atoms with Crippen LogP contribution in [0.1, 0.15) is 16.0 Å². The van der Waals surface area contributed by atoms with E-state index in [0.717, 1.165) is 11.3 Å². The van der Waals surface area contributed by atoms with Crippen LogP contribution in [0, 0.1) is 6.92 Å². The van der Waals surface area contributed by atoms with Crippen molar-refractivity contribution in [3.8, 4) is 0 Å². The lowest BCUT2D eigenvalue weighted by Crippen LogP contribution is -2.16. The van der Waals surface area contributed by atoms with Crippen molar-refractivity contribution in [3.63, 3.8) is 0 Å². The highest BCUT2D eigenvalue weighted by Crippen LogP contribution is 2.21. The maximum Gasteiger partial charge on any atom is 0.252 e. The maximum atomic E-state index is 11.3. The molecule has 1 aromatic heterocycles. The lowest BCUT2D eigenvalue weighted by atomic mass is 10.1. The fourth-order valence-corrected chi connectivity index (χ4v) is 2.50. The molecule has 100 valence electrons. The predicted octanol–water partition coefficient (Wildman–Crippen LogP) is 2.63. The molecule has 1 N–H and O–H groups in total. The summed E-state index contributed by atoms with van der Waals surface area (Å²) >= 11 is 1.49. The summed E-state index contributed by atoms with van der Waals surface area (Å²) < 4.78 is 4.75. The number of methoxy groups -OCH3 is 1. The molecule has 1 amide bonds. The van der Waals surface area contributed by atoms with E-state index in [9.17, 15) is 4.79 Å². The summed E-state index contributed by atoms with van der Waals surface area (Å²) in [5.74, 6) is -0.182. The van der Waals surface area contributed by atoms with Gasteiger partial charge in [0.1, 0.15) is 6.61 Å². The monoisotopic (exact) mass is 276 g/mol. The van der Waals surface area contributed by atoms with Crippen LogP contribution in [-0.2, 0) is 16.0 Å². The minimum absolute atomic E-state index is 0.0485. The molecule has 0 aliphatic heterocycles. The molecule has 0 saturated heterocycles. The molecule has 0 aliphatic rings. The first-order chi connectivity index (χ1) is 9.17. The number of carbonyl (C=O) groups is 1. The Labute approximate surface area is 116 Å². The molecule has 4 nitrogen and oxygen atoms in total.